The normalized spacial score (nSPS) is 6.00. The first-order valence-corrected chi connectivity index (χ1v) is 1.56. The summed E-state index contributed by atoms with van der Waals surface area (Å²) in [5.41, 5.74) is 0. The van der Waals surface area contributed by atoms with Crippen molar-refractivity contribution in [2.24, 2.45) is 5.92 Å². The molecule has 37 valence electrons. The van der Waals surface area contributed by atoms with Gasteiger partial charge in [0.25, 0.3) is 0 Å². The van der Waals surface area contributed by atoms with Crippen LogP contribution in [0.1, 0.15) is 21.3 Å². The van der Waals surface area contributed by atoms with Crippen molar-refractivity contribution >= 4 is 0 Å². The fraction of sp³-hybridized carbons (Fsp3) is 0.800. The zero-order chi connectivity index (χ0) is 3.58. The van der Waals surface area contributed by atoms with Gasteiger partial charge >= 0.3 is 0 Å². The monoisotopic (exact) mass is 162 g/mol. The average Bonchev–Trinajstić information content (AvgIpc) is 0.811. The predicted molar refractivity (Wildman–Crippen MR) is 26.9 cm³/mol. The molecule has 0 saturated carbocycles. The summed E-state index contributed by atoms with van der Waals surface area (Å²) in [5, 5.41) is 0. The van der Waals surface area contributed by atoms with E-state index >= 15 is 0 Å². The zero-order valence-electron chi connectivity index (χ0n) is 3.86. The van der Waals surface area contributed by atoms with Gasteiger partial charge in [-0.1, -0.05) is 21.3 Å². The van der Waals surface area contributed by atoms with E-state index in [1.807, 2.05) is 0 Å². The van der Waals surface area contributed by atoms with Crippen LogP contribution in [0.4, 0.5) is 0 Å². The van der Waals surface area contributed by atoms with E-state index in [4.69, 9.17) is 0 Å². The first-order chi connectivity index (χ1) is 1.73. The van der Waals surface area contributed by atoms with Crippen LogP contribution < -0.4 is 0 Å². The van der Waals surface area contributed by atoms with E-state index in [0.717, 1.165) is 0 Å². The summed E-state index contributed by atoms with van der Waals surface area (Å²) in [6.45, 7) is 7.75. The molecule has 0 rings (SSSR count). The van der Waals surface area contributed by atoms with E-state index in [2.05, 4.69) is 20.8 Å². The third-order valence-corrected chi connectivity index (χ3v) is 0. The smallest absolute Gasteiger partial charge is 0 e. The van der Waals surface area contributed by atoms with Crippen LogP contribution in [0.25, 0.3) is 0 Å². The molecule has 0 bridgehead atoms. The number of hydrogen-bond acceptors (Lipinski definition) is 0. The Balaban J connectivity index is -0.0000000450. The Bertz CT molecular complexity index is 8.66. The molecule has 0 aliphatic rings. The SMILES string of the molecule is C.[CH2-]C(C)C.[Y]. The molecule has 0 aliphatic carbocycles. The van der Waals surface area contributed by atoms with Crippen molar-refractivity contribution in [2.45, 2.75) is 21.3 Å². The molecular weight excluding hydrogens is 149 g/mol. The summed E-state index contributed by atoms with van der Waals surface area (Å²) >= 11 is 0. The maximum atomic E-state index is 3.64. The van der Waals surface area contributed by atoms with E-state index in [1.165, 1.54) is 0 Å². The quantitative estimate of drug-likeness (QED) is 0.478. The van der Waals surface area contributed by atoms with Crippen LogP contribution in [0, 0.1) is 12.8 Å². The van der Waals surface area contributed by atoms with Crippen molar-refractivity contribution in [2.75, 3.05) is 0 Å². The van der Waals surface area contributed by atoms with Crippen LogP contribution in [-0.2, 0) is 32.7 Å². The molecule has 0 aromatic carbocycles. The summed E-state index contributed by atoms with van der Waals surface area (Å²) in [6.07, 6.45) is 0. The van der Waals surface area contributed by atoms with Crippen molar-refractivity contribution < 1.29 is 32.7 Å². The third kappa shape index (κ3) is 70.5. The van der Waals surface area contributed by atoms with E-state index in [0.29, 0.717) is 5.92 Å². The molecule has 0 aliphatic heterocycles. The summed E-state index contributed by atoms with van der Waals surface area (Å²) in [5.74, 6) is 0.583. The van der Waals surface area contributed by atoms with Crippen molar-refractivity contribution in [3.05, 3.63) is 6.92 Å². The average molecular weight is 162 g/mol. The summed E-state index contributed by atoms with van der Waals surface area (Å²) in [4.78, 5) is 0. The molecule has 0 heterocycles. The van der Waals surface area contributed by atoms with E-state index in [1.54, 1.807) is 0 Å². The minimum absolute atomic E-state index is 0. The van der Waals surface area contributed by atoms with Crippen LogP contribution in [0.15, 0.2) is 0 Å². The summed E-state index contributed by atoms with van der Waals surface area (Å²) < 4.78 is 0. The van der Waals surface area contributed by atoms with Crippen molar-refractivity contribution in [3.8, 4) is 0 Å². The molecule has 0 unspecified atom stereocenters. The molecule has 0 nitrogen and oxygen atoms in total. The Labute approximate surface area is 66.6 Å². The van der Waals surface area contributed by atoms with E-state index in [-0.39, 0.29) is 40.1 Å². The van der Waals surface area contributed by atoms with Gasteiger partial charge in [-0.15, -0.1) is 0 Å². The molecule has 0 fully saturated rings. The second kappa shape index (κ2) is 9.44. The number of hydrogen-bond donors (Lipinski definition) is 0. The first kappa shape index (κ1) is 15.7. The molecular formula is C5H13Y-. The number of rotatable bonds is 0. The largest absolute Gasteiger partial charge is 0.341 e. The maximum absolute atomic E-state index is 3.64. The Hall–Kier alpha value is 1.10. The fourth-order valence-electron chi connectivity index (χ4n) is 0. The molecule has 1 radical (unpaired) electrons. The summed E-state index contributed by atoms with van der Waals surface area (Å²) in [7, 11) is 0. The molecule has 6 heavy (non-hydrogen) atoms. The van der Waals surface area contributed by atoms with Gasteiger partial charge in [-0.2, -0.15) is 5.92 Å². The van der Waals surface area contributed by atoms with Gasteiger partial charge in [-0.3, -0.25) is 0 Å². The minimum atomic E-state index is 0. The molecule has 0 atom stereocenters. The first-order valence-electron chi connectivity index (χ1n) is 1.56. The maximum Gasteiger partial charge on any atom is 0 e. The Morgan fingerprint density at radius 3 is 1.33 bits per heavy atom. The van der Waals surface area contributed by atoms with Crippen molar-refractivity contribution in [3.63, 3.8) is 0 Å². The van der Waals surface area contributed by atoms with Crippen LogP contribution in [0.2, 0.25) is 0 Å². The van der Waals surface area contributed by atoms with E-state index < -0.39 is 0 Å². The van der Waals surface area contributed by atoms with Crippen LogP contribution >= 0.6 is 0 Å². The van der Waals surface area contributed by atoms with Gasteiger partial charge in [0.1, 0.15) is 0 Å². The topological polar surface area (TPSA) is 0 Å². The van der Waals surface area contributed by atoms with Gasteiger partial charge in [0.15, 0.2) is 0 Å². The fourth-order valence-corrected chi connectivity index (χ4v) is 0. The van der Waals surface area contributed by atoms with E-state index in [9.17, 15) is 0 Å². The van der Waals surface area contributed by atoms with Gasteiger partial charge in [-0.25, -0.2) is 0 Å². The predicted octanol–water partition coefficient (Wildman–Crippen LogP) is 2.11. The van der Waals surface area contributed by atoms with Gasteiger partial charge in [0.2, 0.25) is 0 Å². The van der Waals surface area contributed by atoms with Crippen molar-refractivity contribution in [1.82, 2.24) is 0 Å². The minimum Gasteiger partial charge on any atom is -0.341 e. The Morgan fingerprint density at radius 2 is 1.33 bits per heavy atom. The molecule has 1 heteroatoms. The van der Waals surface area contributed by atoms with Gasteiger partial charge in [0.05, 0.1) is 0 Å². The van der Waals surface area contributed by atoms with Gasteiger partial charge in [-0.05, 0) is 0 Å². The van der Waals surface area contributed by atoms with Crippen LogP contribution in [0.3, 0.4) is 0 Å². The second-order valence-electron chi connectivity index (χ2n) is 1.39. The van der Waals surface area contributed by atoms with Crippen molar-refractivity contribution in [1.29, 1.82) is 0 Å². The third-order valence-electron chi connectivity index (χ3n) is 0. The standard InChI is InChI=1S/C4H9.CH4.Y/c1-4(2)3;;/h4H,1H2,2-3H3;1H4;/q-1;;. The molecule has 0 aromatic heterocycles. The molecule has 0 N–H and O–H groups in total. The Morgan fingerprint density at radius 1 is 1.33 bits per heavy atom. The van der Waals surface area contributed by atoms with Gasteiger partial charge < -0.3 is 6.92 Å². The van der Waals surface area contributed by atoms with Gasteiger partial charge in [0, 0.05) is 32.7 Å². The van der Waals surface area contributed by atoms with Crippen LogP contribution in [-0.4, -0.2) is 0 Å². The second-order valence-corrected chi connectivity index (χ2v) is 1.39. The van der Waals surface area contributed by atoms with Crippen LogP contribution in [0.5, 0.6) is 0 Å². The Kier molecular flexibility index (Phi) is 24.7. The zero-order valence-corrected chi connectivity index (χ0v) is 6.70. The molecule has 0 aromatic rings. The molecule has 0 saturated heterocycles. The molecule has 0 amide bonds. The summed E-state index contributed by atoms with van der Waals surface area (Å²) in [6, 6.07) is 0. The molecule has 0 spiro atoms.